The van der Waals surface area contributed by atoms with E-state index in [2.05, 4.69) is 15.3 Å². The van der Waals surface area contributed by atoms with Gasteiger partial charge in [-0.1, -0.05) is 30.0 Å². The van der Waals surface area contributed by atoms with Crippen LogP contribution in [0, 0.1) is 0 Å². The number of aryl methyl sites for hydroxylation is 1. The largest absolute Gasteiger partial charge is 0.369 e. The molecule has 8 nitrogen and oxygen atoms in total. The van der Waals surface area contributed by atoms with Crippen molar-refractivity contribution in [3.05, 3.63) is 63.9 Å². The van der Waals surface area contributed by atoms with Gasteiger partial charge in [0, 0.05) is 38.7 Å². The second-order valence-corrected chi connectivity index (χ2v) is 8.11. The zero-order valence-corrected chi connectivity index (χ0v) is 17.2. The Morgan fingerprint density at radius 3 is 2.86 bits per heavy atom. The fourth-order valence-corrected chi connectivity index (χ4v) is 4.09. The Morgan fingerprint density at radius 1 is 1.28 bits per heavy atom. The van der Waals surface area contributed by atoms with Crippen molar-refractivity contribution < 1.29 is 4.79 Å². The summed E-state index contributed by atoms with van der Waals surface area (Å²) in [4.78, 5) is 35.9. The Balaban J connectivity index is 1.66. The van der Waals surface area contributed by atoms with Crippen molar-refractivity contribution in [1.82, 2.24) is 23.8 Å². The molecule has 4 heterocycles. The molecule has 1 aliphatic rings. The van der Waals surface area contributed by atoms with Crippen LogP contribution in [0.5, 0.6) is 0 Å². The lowest BCUT2D eigenvalue weighted by Gasteiger charge is -2.11. The Bertz CT molecular complexity index is 1170. The number of hydrogen-bond donors (Lipinski definition) is 1. The topological polar surface area (TPSA) is 84.5 Å². The van der Waals surface area contributed by atoms with Gasteiger partial charge in [-0.05, 0) is 24.6 Å². The molecule has 10 heteroatoms. The fourth-order valence-electron chi connectivity index (χ4n) is 2.93. The highest BCUT2D eigenvalue weighted by molar-refractivity contribution is 8.26. The number of thiocarbonyl (C=S) groups is 1. The van der Waals surface area contributed by atoms with E-state index >= 15 is 0 Å². The van der Waals surface area contributed by atoms with Gasteiger partial charge in [-0.15, -0.1) is 0 Å². The SMILES string of the molecule is CN1C(=O)/C(=C\c2c(NCCCn3ccnc3)nc3ccccn3c2=O)SC1=S. The van der Waals surface area contributed by atoms with E-state index in [9.17, 15) is 9.59 Å². The molecule has 3 aromatic heterocycles. The van der Waals surface area contributed by atoms with Crippen molar-refractivity contribution in [1.29, 1.82) is 0 Å². The van der Waals surface area contributed by atoms with Gasteiger partial charge in [0.05, 0.1) is 16.8 Å². The van der Waals surface area contributed by atoms with Crippen LogP contribution in [0.25, 0.3) is 11.7 Å². The first-order valence-corrected chi connectivity index (χ1v) is 10.2. The Labute approximate surface area is 176 Å². The third-order valence-electron chi connectivity index (χ3n) is 4.48. The molecule has 0 atom stereocenters. The van der Waals surface area contributed by atoms with E-state index in [1.165, 1.54) is 21.1 Å². The monoisotopic (exact) mass is 426 g/mol. The van der Waals surface area contributed by atoms with E-state index in [-0.39, 0.29) is 11.5 Å². The summed E-state index contributed by atoms with van der Waals surface area (Å²) in [6, 6.07) is 5.36. The lowest BCUT2D eigenvalue weighted by Crippen LogP contribution is -2.23. The predicted octanol–water partition coefficient (Wildman–Crippen LogP) is 2.22. The van der Waals surface area contributed by atoms with E-state index in [1.54, 1.807) is 44.0 Å². The Kier molecular flexibility index (Phi) is 5.45. The van der Waals surface area contributed by atoms with Gasteiger partial charge in [-0.2, -0.15) is 0 Å². The van der Waals surface area contributed by atoms with Crippen molar-refractivity contribution in [3.8, 4) is 0 Å². The zero-order chi connectivity index (χ0) is 20.4. The number of amides is 1. The van der Waals surface area contributed by atoms with Gasteiger partial charge in [0.15, 0.2) is 0 Å². The van der Waals surface area contributed by atoms with Gasteiger partial charge in [-0.25, -0.2) is 9.97 Å². The molecular weight excluding hydrogens is 408 g/mol. The lowest BCUT2D eigenvalue weighted by atomic mass is 10.2. The minimum Gasteiger partial charge on any atom is -0.369 e. The Hall–Kier alpha value is -2.98. The van der Waals surface area contributed by atoms with Crippen LogP contribution >= 0.6 is 24.0 Å². The molecule has 0 radical (unpaired) electrons. The van der Waals surface area contributed by atoms with Crippen LogP contribution in [0.4, 0.5) is 5.82 Å². The summed E-state index contributed by atoms with van der Waals surface area (Å²) < 4.78 is 3.91. The number of pyridine rings is 1. The normalized spacial score (nSPS) is 15.6. The lowest BCUT2D eigenvalue weighted by molar-refractivity contribution is -0.121. The summed E-state index contributed by atoms with van der Waals surface area (Å²) in [5.74, 6) is 0.233. The number of rotatable bonds is 6. The van der Waals surface area contributed by atoms with E-state index in [0.717, 1.165) is 13.0 Å². The number of carbonyl (C=O) groups is 1. The van der Waals surface area contributed by atoms with E-state index in [4.69, 9.17) is 12.2 Å². The second-order valence-electron chi connectivity index (χ2n) is 6.43. The van der Waals surface area contributed by atoms with Gasteiger partial charge >= 0.3 is 0 Å². The molecule has 1 N–H and O–H groups in total. The second kappa shape index (κ2) is 8.18. The van der Waals surface area contributed by atoms with E-state index < -0.39 is 0 Å². The molecule has 3 aromatic rings. The van der Waals surface area contributed by atoms with Crippen molar-refractivity contribution in [2.24, 2.45) is 0 Å². The number of carbonyl (C=O) groups excluding carboxylic acids is 1. The van der Waals surface area contributed by atoms with Gasteiger partial charge in [-0.3, -0.25) is 18.9 Å². The number of anilines is 1. The van der Waals surface area contributed by atoms with Crippen LogP contribution in [0.2, 0.25) is 0 Å². The predicted molar refractivity (Wildman–Crippen MR) is 118 cm³/mol. The van der Waals surface area contributed by atoms with Gasteiger partial charge < -0.3 is 9.88 Å². The summed E-state index contributed by atoms with van der Waals surface area (Å²) in [5.41, 5.74) is 0.633. The maximum atomic E-state index is 13.1. The van der Waals surface area contributed by atoms with E-state index in [1.807, 2.05) is 16.8 Å². The number of thioether (sulfide) groups is 1. The minimum absolute atomic E-state index is 0.219. The molecule has 1 saturated heterocycles. The van der Waals surface area contributed by atoms with Gasteiger partial charge in [0.1, 0.15) is 15.8 Å². The van der Waals surface area contributed by atoms with Gasteiger partial charge in [0.2, 0.25) is 0 Å². The summed E-state index contributed by atoms with van der Waals surface area (Å²) >= 11 is 6.37. The molecule has 148 valence electrons. The summed E-state index contributed by atoms with van der Waals surface area (Å²) in [7, 11) is 1.62. The molecule has 0 aliphatic carbocycles. The highest BCUT2D eigenvalue weighted by atomic mass is 32.2. The molecule has 0 bridgehead atoms. The number of likely N-dealkylation sites (N-methyl/N-ethyl adjacent to an activating group) is 1. The number of nitrogens with one attached hydrogen (secondary N) is 1. The molecule has 0 unspecified atom stereocenters. The zero-order valence-electron chi connectivity index (χ0n) is 15.6. The number of hydrogen-bond acceptors (Lipinski definition) is 7. The fraction of sp³-hybridized carbons (Fsp3) is 0.211. The number of nitrogens with zero attached hydrogens (tertiary/aromatic N) is 5. The maximum Gasteiger partial charge on any atom is 0.267 e. The van der Waals surface area contributed by atoms with Crippen molar-refractivity contribution in [3.63, 3.8) is 0 Å². The first-order chi connectivity index (χ1) is 14.0. The number of fused-ring (bicyclic) bond motifs is 1. The van der Waals surface area contributed by atoms with Crippen LogP contribution in [-0.4, -0.2) is 47.7 Å². The molecule has 1 aliphatic heterocycles. The maximum absolute atomic E-state index is 13.1. The smallest absolute Gasteiger partial charge is 0.267 e. The molecule has 0 spiro atoms. The van der Waals surface area contributed by atoms with Crippen LogP contribution in [0.15, 0.2) is 52.8 Å². The van der Waals surface area contributed by atoms with Crippen molar-refractivity contribution in [2.45, 2.75) is 13.0 Å². The average molecular weight is 427 g/mol. The number of imidazole rings is 1. The molecule has 1 fully saturated rings. The van der Waals surface area contributed by atoms with Crippen LogP contribution in [-0.2, 0) is 11.3 Å². The minimum atomic E-state index is -0.242. The van der Waals surface area contributed by atoms with Gasteiger partial charge in [0.25, 0.3) is 11.5 Å². The standard InChI is InChI=1S/C19H18N6O2S2/c1-23-18(27)14(29-19(23)28)11-13-16(21-6-4-8-24-10-7-20-12-24)22-15-5-2-3-9-25(15)17(13)26/h2-3,5,7,9-12,21H,4,6,8H2,1H3/b14-11+. The molecule has 1 amide bonds. The number of aromatic nitrogens is 4. The molecule has 0 aromatic carbocycles. The summed E-state index contributed by atoms with van der Waals surface area (Å²) in [6.07, 6.45) is 9.47. The third kappa shape index (κ3) is 3.94. The molecular formula is C19H18N6O2S2. The van der Waals surface area contributed by atoms with Crippen LogP contribution in [0.3, 0.4) is 0 Å². The van der Waals surface area contributed by atoms with Crippen molar-refractivity contribution in [2.75, 3.05) is 18.9 Å². The highest BCUT2D eigenvalue weighted by Gasteiger charge is 2.29. The first-order valence-electron chi connectivity index (χ1n) is 8.97. The molecule has 4 rings (SSSR count). The first kappa shape index (κ1) is 19.3. The Morgan fingerprint density at radius 2 is 2.14 bits per heavy atom. The summed E-state index contributed by atoms with van der Waals surface area (Å²) in [5, 5.41) is 3.25. The van der Waals surface area contributed by atoms with Crippen LogP contribution in [0.1, 0.15) is 12.0 Å². The molecule has 29 heavy (non-hydrogen) atoms. The van der Waals surface area contributed by atoms with E-state index in [0.29, 0.717) is 32.8 Å². The molecule has 0 saturated carbocycles. The highest BCUT2D eigenvalue weighted by Crippen LogP contribution is 2.31. The quantitative estimate of drug-likeness (QED) is 0.368. The van der Waals surface area contributed by atoms with Crippen molar-refractivity contribution >= 4 is 51.7 Å². The van der Waals surface area contributed by atoms with Crippen LogP contribution < -0.4 is 10.9 Å². The summed E-state index contributed by atoms with van der Waals surface area (Å²) in [6.45, 7) is 1.41. The third-order valence-corrected chi connectivity index (χ3v) is 5.96. The average Bonchev–Trinajstić information content (AvgIpc) is 3.32.